The first kappa shape index (κ1) is 15.3. The maximum Gasteiger partial charge on any atom is 0.0991 e. The highest BCUT2D eigenvalue weighted by Gasteiger charge is 2.16. The normalized spacial score (nSPS) is 12.0. The zero-order valence-corrected chi connectivity index (χ0v) is 13.0. The van der Waals surface area contributed by atoms with Gasteiger partial charge in [-0.3, -0.25) is 0 Å². The molecule has 2 nitrogen and oxygen atoms in total. The summed E-state index contributed by atoms with van der Waals surface area (Å²) in [5.74, 6) is 0.291. The van der Waals surface area contributed by atoms with Gasteiger partial charge in [-0.2, -0.15) is 5.26 Å². The molecule has 0 saturated heterocycles. The molecule has 0 heterocycles. The summed E-state index contributed by atoms with van der Waals surface area (Å²) in [7, 11) is 0. The van der Waals surface area contributed by atoms with Crippen LogP contribution in [0.25, 0.3) is 0 Å². The molecule has 0 aliphatic carbocycles. The Labute approximate surface area is 127 Å². The van der Waals surface area contributed by atoms with Crippen LogP contribution in [0.3, 0.4) is 0 Å². The summed E-state index contributed by atoms with van der Waals surface area (Å²) in [4.78, 5) is 0. The van der Waals surface area contributed by atoms with Crippen molar-refractivity contribution >= 4 is 0 Å². The van der Waals surface area contributed by atoms with E-state index in [1.165, 1.54) is 27.8 Å². The van der Waals surface area contributed by atoms with E-state index in [1.54, 1.807) is 0 Å². The topological polar surface area (TPSA) is 49.8 Å². The smallest absolute Gasteiger partial charge is 0.0991 e. The van der Waals surface area contributed by atoms with Crippen LogP contribution in [-0.2, 0) is 6.42 Å². The van der Waals surface area contributed by atoms with Crippen LogP contribution in [-0.4, -0.2) is 6.54 Å². The maximum atomic E-state index is 9.01. The zero-order chi connectivity index (χ0) is 15.4. The summed E-state index contributed by atoms with van der Waals surface area (Å²) in [6.45, 7) is 7.05. The van der Waals surface area contributed by atoms with Gasteiger partial charge in [-0.15, -0.1) is 0 Å². The van der Waals surface area contributed by atoms with Crippen molar-refractivity contribution in [2.24, 2.45) is 5.73 Å². The third-order valence-electron chi connectivity index (χ3n) is 3.97. The molecule has 0 bridgehead atoms. The molecule has 0 spiro atoms. The molecule has 1 unspecified atom stereocenters. The van der Waals surface area contributed by atoms with Gasteiger partial charge in [-0.1, -0.05) is 29.8 Å². The molecule has 108 valence electrons. The summed E-state index contributed by atoms with van der Waals surface area (Å²) in [6, 6.07) is 14.4. The average molecular weight is 278 g/mol. The lowest BCUT2D eigenvalue weighted by molar-refractivity contribution is 0.685. The minimum atomic E-state index is 0.291. The molecule has 0 aliphatic rings. The fraction of sp³-hybridized carbons (Fsp3) is 0.316. The fourth-order valence-corrected chi connectivity index (χ4v) is 3.19. The van der Waals surface area contributed by atoms with Gasteiger partial charge < -0.3 is 5.73 Å². The van der Waals surface area contributed by atoms with Crippen LogP contribution in [0, 0.1) is 32.1 Å². The van der Waals surface area contributed by atoms with E-state index in [4.69, 9.17) is 11.0 Å². The van der Waals surface area contributed by atoms with Gasteiger partial charge in [0.2, 0.25) is 0 Å². The summed E-state index contributed by atoms with van der Waals surface area (Å²) >= 11 is 0. The molecule has 0 aliphatic heterocycles. The van der Waals surface area contributed by atoms with Crippen molar-refractivity contribution in [3.63, 3.8) is 0 Å². The molecule has 0 fully saturated rings. The van der Waals surface area contributed by atoms with Crippen molar-refractivity contribution in [3.05, 3.63) is 69.8 Å². The van der Waals surface area contributed by atoms with Crippen molar-refractivity contribution < 1.29 is 0 Å². The van der Waals surface area contributed by atoms with Crippen molar-refractivity contribution in [2.75, 3.05) is 6.54 Å². The number of nitrogens with zero attached hydrogens (tertiary/aromatic N) is 1. The van der Waals surface area contributed by atoms with Gasteiger partial charge in [-0.25, -0.2) is 0 Å². The molecule has 2 aromatic carbocycles. The number of nitriles is 1. The zero-order valence-electron chi connectivity index (χ0n) is 13.0. The lowest BCUT2D eigenvalue weighted by atomic mass is 9.85. The summed E-state index contributed by atoms with van der Waals surface area (Å²) in [5, 5.41) is 9.01. The average Bonchev–Trinajstić information content (AvgIpc) is 2.45. The first-order valence-electron chi connectivity index (χ1n) is 7.32. The van der Waals surface area contributed by atoms with E-state index in [1.807, 2.05) is 18.2 Å². The monoisotopic (exact) mass is 278 g/mol. The van der Waals surface area contributed by atoms with Crippen LogP contribution in [0.4, 0.5) is 0 Å². The second-order valence-electron chi connectivity index (χ2n) is 5.76. The lowest BCUT2D eigenvalue weighted by Gasteiger charge is -2.21. The fourth-order valence-electron chi connectivity index (χ4n) is 3.19. The maximum absolute atomic E-state index is 9.01. The highest BCUT2D eigenvalue weighted by Crippen LogP contribution is 2.27. The minimum Gasteiger partial charge on any atom is -0.330 e. The number of hydrogen-bond acceptors (Lipinski definition) is 2. The van der Waals surface area contributed by atoms with Gasteiger partial charge >= 0.3 is 0 Å². The first-order valence-corrected chi connectivity index (χ1v) is 7.32. The summed E-state index contributed by atoms with van der Waals surface area (Å²) in [5.41, 5.74) is 13.2. The third-order valence-corrected chi connectivity index (χ3v) is 3.97. The molecule has 2 aromatic rings. The number of benzene rings is 2. The summed E-state index contributed by atoms with van der Waals surface area (Å²) in [6.07, 6.45) is 0.872. The molecule has 0 radical (unpaired) electrons. The molecule has 0 saturated carbocycles. The van der Waals surface area contributed by atoms with Gasteiger partial charge in [0.15, 0.2) is 0 Å². The Kier molecular flexibility index (Phi) is 4.77. The van der Waals surface area contributed by atoms with E-state index in [0.717, 1.165) is 6.42 Å². The van der Waals surface area contributed by atoms with Crippen molar-refractivity contribution in [1.29, 1.82) is 5.26 Å². The number of hydrogen-bond donors (Lipinski definition) is 1. The third kappa shape index (κ3) is 3.51. The highest BCUT2D eigenvalue weighted by molar-refractivity contribution is 5.41. The molecule has 0 amide bonds. The number of nitrogens with two attached hydrogens (primary N) is 1. The Morgan fingerprint density at radius 2 is 1.76 bits per heavy atom. The molecule has 1 atom stereocenters. The minimum absolute atomic E-state index is 0.291. The molecular weight excluding hydrogens is 256 g/mol. The lowest BCUT2D eigenvalue weighted by Crippen LogP contribution is -2.17. The molecule has 21 heavy (non-hydrogen) atoms. The molecule has 2 rings (SSSR count). The van der Waals surface area contributed by atoms with Crippen LogP contribution in [0.5, 0.6) is 0 Å². The Morgan fingerprint density at radius 1 is 1.10 bits per heavy atom. The second-order valence-corrected chi connectivity index (χ2v) is 5.76. The van der Waals surface area contributed by atoms with Gasteiger partial charge in [-0.05, 0) is 68.1 Å². The molecule has 0 aromatic heterocycles. The van der Waals surface area contributed by atoms with E-state index in [2.05, 4.69) is 45.0 Å². The van der Waals surface area contributed by atoms with E-state index in [0.29, 0.717) is 18.0 Å². The van der Waals surface area contributed by atoms with Crippen LogP contribution in [0.1, 0.15) is 39.3 Å². The van der Waals surface area contributed by atoms with Crippen molar-refractivity contribution in [3.8, 4) is 6.07 Å². The van der Waals surface area contributed by atoms with Gasteiger partial charge in [0.05, 0.1) is 11.6 Å². The number of aryl methyl sites for hydroxylation is 3. The van der Waals surface area contributed by atoms with E-state index < -0.39 is 0 Å². The molecule has 2 heteroatoms. The Hall–Kier alpha value is -2.11. The van der Waals surface area contributed by atoms with E-state index in [9.17, 15) is 0 Å². The Bertz CT molecular complexity index is 657. The second kappa shape index (κ2) is 6.56. The van der Waals surface area contributed by atoms with Crippen LogP contribution in [0.2, 0.25) is 0 Å². The van der Waals surface area contributed by atoms with E-state index >= 15 is 0 Å². The predicted octanol–water partition coefficient (Wildman–Crippen LogP) is 3.77. The molecule has 2 N–H and O–H groups in total. The SMILES string of the molecule is Cc1cc(C)c(C(CN)Cc2cccc(C#N)c2)c(C)c1. The van der Waals surface area contributed by atoms with Crippen LogP contribution in [0.15, 0.2) is 36.4 Å². The predicted molar refractivity (Wildman–Crippen MR) is 87.3 cm³/mol. The Balaban J connectivity index is 2.34. The van der Waals surface area contributed by atoms with Gasteiger partial charge in [0.25, 0.3) is 0 Å². The van der Waals surface area contributed by atoms with Gasteiger partial charge in [0, 0.05) is 5.92 Å². The summed E-state index contributed by atoms with van der Waals surface area (Å²) < 4.78 is 0. The largest absolute Gasteiger partial charge is 0.330 e. The standard InChI is InChI=1S/C19H22N2/c1-13-7-14(2)19(15(3)8-13)18(12-21)10-16-5-4-6-17(9-16)11-20/h4-9,18H,10,12,21H2,1-3H3. The molecular formula is C19H22N2. The first-order chi connectivity index (χ1) is 10.0. The van der Waals surface area contributed by atoms with Crippen LogP contribution >= 0.6 is 0 Å². The van der Waals surface area contributed by atoms with Gasteiger partial charge in [0.1, 0.15) is 0 Å². The van der Waals surface area contributed by atoms with Crippen molar-refractivity contribution in [2.45, 2.75) is 33.1 Å². The number of rotatable bonds is 4. The van der Waals surface area contributed by atoms with E-state index in [-0.39, 0.29) is 0 Å². The van der Waals surface area contributed by atoms with Crippen molar-refractivity contribution in [1.82, 2.24) is 0 Å². The quantitative estimate of drug-likeness (QED) is 0.925. The Morgan fingerprint density at radius 3 is 2.33 bits per heavy atom. The van der Waals surface area contributed by atoms with Crippen LogP contribution < -0.4 is 5.73 Å². The highest BCUT2D eigenvalue weighted by atomic mass is 14.5.